The number of alkyl halides is 1. The molecule has 4 aliphatic heterocycles. The minimum absolute atomic E-state index is 0.0399. The molecule has 4 saturated heterocycles. The molecule has 7 heteroatoms. The van der Waals surface area contributed by atoms with E-state index in [-0.39, 0.29) is 2.87 Å². The van der Waals surface area contributed by atoms with Gasteiger partial charge in [-0.15, -0.1) is 35.3 Å². The van der Waals surface area contributed by atoms with E-state index in [1.807, 2.05) is 35.3 Å². The van der Waals surface area contributed by atoms with Crippen LogP contribution in [0.15, 0.2) is 0 Å². The minimum Gasteiger partial charge on any atom is -0.111 e. The molecular weight excluding hydrogens is 276 g/mol. The van der Waals surface area contributed by atoms with Gasteiger partial charge in [0, 0.05) is 0 Å². The number of rotatable bonds is 0. The van der Waals surface area contributed by atoms with Crippen molar-refractivity contribution in [3.8, 4) is 0 Å². The Balaban J connectivity index is 1.94. The van der Waals surface area contributed by atoms with Crippen LogP contribution >= 0.6 is 82.2 Å². The van der Waals surface area contributed by atoms with Crippen molar-refractivity contribution < 1.29 is 0 Å². The Labute approximate surface area is 95.9 Å². The van der Waals surface area contributed by atoms with Crippen LogP contribution in [0, 0.1) is 0 Å². The van der Waals surface area contributed by atoms with Gasteiger partial charge >= 0.3 is 0 Å². The van der Waals surface area contributed by atoms with Crippen molar-refractivity contribution in [1.82, 2.24) is 0 Å². The van der Waals surface area contributed by atoms with E-state index in [0.717, 1.165) is 0 Å². The summed E-state index contributed by atoms with van der Waals surface area (Å²) in [6.45, 7) is 0. The van der Waals surface area contributed by atoms with Gasteiger partial charge in [-0.3, -0.25) is 0 Å². The minimum atomic E-state index is -0.0399. The molecule has 4 fully saturated rings. The summed E-state index contributed by atoms with van der Waals surface area (Å²) in [6, 6.07) is 0. The monoisotopic (exact) mass is 278 g/mol. The number of hydrogen-bond donors (Lipinski definition) is 0. The van der Waals surface area contributed by atoms with E-state index in [1.165, 1.54) is 0 Å². The highest BCUT2D eigenvalue weighted by molar-refractivity contribution is 8.63. The number of halogens is 1. The van der Waals surface area contributed by atoms with Crippen LogP contribution in [-0.2, 0) is 0 Å². The van der Waals surface area contributed by atoms with Gasteiger partial charge in [-0.05, 0) is 0 Å². The first-order chi connectivity index (χ1) is 5.23. The normalized spacial score (nSPS) is 60.3. The van der Waals surface area contributed by atoms with E-state index in [0.29, 0.717) is 11.7 Å². The molecule has 4 heterocycles. The summed E-state index contributed by atoms with van der Waals surface area (Å²) in [5.74, 6) is 0. The lowest BCUT2D eigenvalue weighted by Crippen LogP contribution is -2.32. The Morgan fingerprint density at radius 1 is 0.818 bits per heavy atom. The van der Waals surface area contributed by atoms with E-state index < -0.39 is 0 Å². The SMILES string of the molecule is ClC12SC3SC(SC(S3)S1)S2. The van der Waals surface area contributed by atoms with Crippen LogP contribution < -0.4 is 0 Å². The Hall–Kier alpha value is 2.39. The maximum absolute atomic E-state index is 6.38. The predicted molar refractivity (Wildman–Crippen MR) is 65.5 cm³/mol. The zero-order valence-corrected chi connectivity index (χ0v) is 10.7. The van der Waals surface area contributed by atoms with Crippen molar-refractivity contribution in [3.05, 3.63) is 0 Å². The quantitative estimate of drug-likeness (QED) is 0.607. The first kappa shape index (κ1) is 8.68. The molecule has 0 atom stereocenters. The molecule has 4 rings (SSSR count). The predicted octanol–water partition coefficient (Wildman–Crippen LogP) is 4.13. The van der Waals surface area contributed by atoms with E-state index in [4.69, 9.17) is 11.6 Å². The van der Waals surface area contributed by atoms with Gasteiger partial charge in [0.25, 0.3) is 0 Å². The lowest BCUT2D eigenvalue weighted by atomic mass is 11.7. The highest BCUT2D eigenvalue weighted by Gasteiger charge is 2.54. The Bertz CT molecular complexity index is 160. The molecule has 0 N–H and O–H groups in total. The molecule has 0 spiro atoms. The molecule has 4 aliphatic rings. The van der Waals surface area contributed by atoms with Crippen LogP contribution in [0.1, 0.15) is 0 Å². The molecule has 0 saturated carbocycles. The van der Waals surface area contributed by atoms with E-state index in [2.05, 4.69) is 35.3 Å². The lowest BCUT2D eigenvalue weighted by Gasteiger charge is -2.50. The molecule has 0 amide bonds. The van der Waals surface area contributed by atoms with Gasteiger partial charge in [-0.2, -0.15) is 0 Å². The molecular formula is C4H3ClS6. The van der Waals surface area contributed by atoms with E-state index in [9.17, 15) is 0 Å². The second kappa shape index (κ2) is 2.94. The molecule has 0 aromatic heterocycles. The summed E-state index contributed by atoms with van der Waals surface area (Å²) in [6.07, 6.45) is 0. The molecule has 11 heavy (non-hydrogen) atoms. The first-order valence-electron chi connectivity index (χ1n) is 2.92. The largest absolute Gasteiger partial charge is 0.187 e. The van der Waals surface area contributed by atoms with Gasteiger partial charge in [-0.25, -0.2) is 0 Å². The van der Waals surface area contributed by atoms with E-state index in [1.54, 1.807) is 0 Å². The summed E-state index contributed by atoms with van der Waals surface area (Å²) in [5, 5.41) is 0. The molecule has 0 aliphatic carbocycles. The van der Waals surface area contributed by atoms with Crippen molar-refractivity contribution in [2.75, 3.05) is 0 Å². The fourth-order valence-corrected chi connectivity index (χ4v) is 19.8. The van der Waals surface area contributed by atoms with Crippen LogP contribution in [-0.4, -0.2) is 14.6 Å². The van der Waals surface area contributed by atoms with Crippen LogP contribution in [0.4, 0.5) is 0 Å². The van der Waals surface area contributed by atoms with Gasteiger partial charge in [-0.1, -0.05) is 46.9 Å². The standard InChI is InChI=1S/C4H3ClS6/c5-4-9-1-6-2(10-4)8-3(7-1)11-4/h1-3H. The van der Waals surface area contributed by atoms with Crippen molar-refractivity contribution in [2.45, 2.75) is 14.6 Å². The van der Waals surface area contributed by atoms with Crippen LogP contribution in [0.5, 0.6) is 0 Å². The van der Waals surface area contributed by atoms with Gasteiger partial charge in [0.05, 0.1) is 0 Å². The van der Waals surface area contributed by atoms with Gasteiger partial charge < -0.3 is 0 Å². The smallest absolute Gasteiger partial charge is 0.111 e. The second-order valence-electron chi connectivity index (χ2n) is 2.11. The molecule has 0 unspecified atom stereocenters. The van der Waals surface area contributed by atoms with Crippen LogP contribution in [0.3, 0.4) is 0 Å². The molecule has 0 radical (unpaired) electrons. The first-order valence-corrected chi connectivity index (χ1v) is 8.77. The van der Waals surface area contributed by atoms with Crippen LogP contribution in [0.25, 0.3) is 0 Å². The number of thioether (sulfide) groups is 6. The topological polar surface area (TPSA) is 0 Å². The van der Waals surface area contributed by atoms with Crippen molar-refractivity contribution >= 4 is 82.2 Å². The second-order valence-corrected chi connectivity index (χ2v) is 14.4. The Morgan fingerprint density at radius 2 is 1.18 bits per heavy atom. The summed E-state index contributed by atoms with van der Waals surface area (Å²) >= 11 is 18.3. The average Bonchev–Trinajstić information content (AvgIpc) is 1.79. The Kier molecular flexibility index (Phi) is 2.32. The van der Waals surface area contributed by atoms with Crippen molar-refractivity contribution in [2.24, 2.45) is 0 Å². The highest BCUT2D eigenvalue weighted by Crippen LogP contribution is 2.78. The van der Waals surface area contributed by atoms with Gasteiger partial charge in [0.1, 0.15) is 11.7 Å². The molecule has 0 aromatic rings. The maximum atomic E-state index is 6.38. The Morgan fingerprint density at radius 3 is 1.45 bits per heavy atom. The summed E-state index contributed by atoms with van der Waals surface area (Å²) < 4.78 is 2.06. The maximum Gasteiger partial charge on any atom is 0.187 e. The third kappa shape index (κ3) is 1.55. The summed E-state index contributed by atoms with van der Waals surface area (Å²) in [5.41, 5.74) is 0. The van der Waals surface area contributed by atoms with E-state index >= 15 is 0 Å². The molecule has 4 bridgehead atoms. The highest BCUT2D eigenvalue weighted by atomic mass is 35.5. The third-order valence-electron chi connectivity index (χ3n) is 1.38. The molecule has 62 valence electrons. The zero-order valence-electron chi connectivity index (χ0n) is 5.06. The van der Waals surface area contributed by atoms with Gasteiger partial charge in [0.15, 0.2) is 2.87 Å². The molecule has 0 aromatic carbocycles. The summed E-state index contributed by atoms with van der Waals surface area (Å²) in [7, 11) is 0. The lowest BCUT2D eigenvalue weighted by molar-refractivity contribution is 1.65. The molecule has 0 nitrogen and oxygen atoms in total. The van der Waals surface area contributed by atoms with Crippen LogP contribution in [0.2, 0.25) is 0 Å². The zero-order chi connectivity index (χ0) is 7.47. The van der Waals surface area contributed by atoms with Crippen molar-refractivity contribution in [1.29, 1.82) is 0 Å². The third-order valence-corrected chi connectivity index (χ3v) is 12.4. The average molecular weight is 279 g/mol. The van der Waals surface area contributed by atoms with Gasteiger partial charge in [0.2, 0.25) is 0 Å². The fourth-order valence-electron chi connectivity index (χ4n) is 0.963. The van der Waals surface area contributed by atoms with Crippen molar-refractivity contribution in [3.63, 3.8) is 0 Å². The fraction of sp³-hybridized carbons (Fsp3) is 1.00. The summed E-state index contributed by atoms with van der Waals surface area (Å²) in [4.78, 5) is 0. The number of hydrogen-bond acceptors (Lipinski definition) is 6.